The molecule has 0 aromatic rings. The third kappa shape index (κ3) is 2.60. The standard InChI is InChI=1S/C5H12NO3P/c1-9-4(5(7)8)3(6)2-10/h3-4H,2,6,10H2,1H3,(H,7,8). The lowest BCUT2D eigenvalue weighted by molar-refractivity contribution is -0.149. The third-order valence-corrected chi connectivity index (χ3v) is 1.70. The van der Waals surface area contributed by atoms with Crippen LogP contribution in [0.5, 0.6) is 0 Å². The van der Waals surface area contributed by atoms with Gasteiger partial charge in [0, 0.05) is 13.2 Å². The first-order chi connectivity index (χ1) is 4.63. The van der Waals surface area contributed by atoms with E-state index in [1.807, 2.05) is 0 Å². The Balaban J connectivity index is 3.92. The molecule has 10 heavy (non-hydrogen) atoms. The van der Waals surface area contributed by atoms with Crippen LogP contribution in [0.3, 0.4) is 0 Å². The fourth-order valence-corrected chi connectivity index (χ4v) is 0.830. The maximum Gasteiger partial charge on any atom is 0.334 e. The van der Waals surface area contributed by atoms with Gasteiger partial charge in [0.2, 0.25) is 0 Å². The van der Waals surface area contributed by atoms with Gasteiger partial charge in [-0.15, -0.1) is 9.24 Å². The van der Waals surface area contributed by atoms with E-state index in [-0.39, 0.29) is 0 Å². The maximum absolute atomic E-state index is 10.3. The second-order valence-corrected chi connectivity index (χ2v) is 2.37. The number of methoxy groups -OCH3 is 1. The molecule has 0 amide bonds. The molecule has 0 aliphatic carbocycles. The van der Waals surface area contributed by atoms with E-state index < -0.39 is 18.1 Å². The van der Waals surface area contributed by atoms with Crippen LogP contribution in [0.1, 0.15) is 0 Å². The highest BCUT2D eigenvalue weighted by Crippen LogP contribution is 1.99. The van der Waals surface area contributed by atoms with Gasteiger partial charge in [0.1, 0.15) is 0 Å². The monoisotopic (exact) mass is 165 g/mol. The van der Waals surface area contributed by atoms with Crippen molar-refractivity contribution in [1.82, 2.24) is 0 Å². The summed E-state index contributed by atoms with van der Waals surface area (Å²) in [6, 6.07) is -0.451. The summed E-state index contributed by atoms with van der Waals surface area (Å²) in [4.78, 5) is 10.3. The maximum atomic E-state index is 10.3. The number of ether oxygens (including phenoxy) is 1. The Bertz CT molecular complexity index is 119. The van der Waals surface area contributed by atoms with Crippen LogP contribution < -0.4 is 5.73 Å². The molecule has 0 bridgehead atoms. The molecule has 0 aromatic heterocycles. The minimum Gasteiger partial charge on any atom is -0.479 e. The van der Waals surface area contributed by atoms with Crippen molar-refractivity contribution in [2.24, 2.45) is 5.73 Å². The predicted molar refractivity (Wildman–Crippen MR) is 41.0 cm³/mol. The summed E-state index contributed by atoms with van der Waals surface area (Å²) in [7, 11) is 3.70. The molecule has 0 aliphatic rings. The largest absolute Gasteiger partial charge is 0.479 e. The third-order valence-electron chi connectivity index (χ3n) is 1.16. The minimum atomic E-state index is -1.02. The van der Waals surface area contributed by atoms with Crippen LogP contribution in [-0.4, -0.2) is 36.5 Å². The van der Waals surface area contributed by atoms with Gasteiger partial charge in [-0.3, -0.25) is 0 Å². The van der Waals surface area contributed by atoms with Crippen LogP contribution in [0.15, 0.2) is 0 Å². The fraction of sp³-hybridized carbons (Fsp3) is 0.800. The molecule has 0 radical (unpaired) electrons. The highest BCUT2D eigenvalue weighted by molar-refractivity contribution is 7.16. The Hall–Kier alpha value is -0.180. The Morgan fingerprint density at radius 3 is 2.50 bits per heavy atom. The van der Waals surface area contributed by atoms with Gasteiger partial charge in [0.05, 0.1) is 0 Å². The van der Waals surface area contributed by atoms with E-state index >= 15 is 0 Å². The first kappa shape index (κ1) is 9.82. The Morgan fingerprint density at radius 1 is 1.90 bits per heavy atom. The lowest BCUT2D eigenvalue weighted by Crippen LogP contribution is -2.42. The van der Waals surface area contributed by atoms with E-state index in [2.05, 4.69) is 14.0 Å². The molecule has 0 rings (SSSR count). The number of aliphatic carboxylic acids is 1. The fourth-order valence-electron chi connectivity index (χ4n) is 0.582. The van der Waals surface area contributed by atoms with Gasteiger partial charge >= 0.3 is 5.97 Å². The van der Waals surface area contributed by atoms with Crippen molar-refractivity contribution >= 4 is 15.2 Å². The summed E-state index contributed by atoms with van der Waals surface area (Å²) in [6.45, 7) is 0. The van der Waals surface area contributed by atoms with Crippen LogP contribution in [-0.2, 0) is 9.53 Å². The zero-order chi connectivity index (χ0) is 8.15. The average Bonchev–Trinajstić information content (AvgIpc) is 1.88. The second-order valence-electron chi connectivity index (χ2n) is 1.89. The van der Waals surface area contributed by atoms with E-state index in [0.29, 0.717) is 6.16 Å². The smallest absolute Gasteiger partial charge is 0.334 e. The zero-order valence-electron chi connectivity index (χ0n) is 5.78. The molecule has 0 saturated carbocycles. The summed E-state index contributed by atoms with van der Waals surface area (Å²) >= 11 is 0. The van der Waals surface area contributed by atoms with Crippen molar-refractivity contribution in [2.45, 2.75) is 12.1 Å². The Labute approximate surface area is 61.9 Å². The zero-order valence-corrected chi connectivity index (χ0v) is 6.93. The van der Waals surface area contributed by atoms with E-state index in [9.17, 15) is 4.79 Å². The first-order valence-electron chi connectivity index (χ1n) is 2.84. The average molecular weight is 165 g/mol. The van der Waals surface area contributed by atoms with Gasteiger partial charge in [-0.2, -0.15) is 0 Å². The van der Waals surface area contributed by atoms with Crippen LogP contribution in [0.4, 0.5) is 0 Å². The molecular weight excluding hydrogens is 153 g/mol. The topological polar surface area (TPSA) is 72.5 Å². The lowest BCUT2D eigenvalue weighted by atomic mass is 10.2. The normalized spacial score (nSPS) is 16.3. The van der Waals surface area contributed by atoms with Crippen molar-refractivity contribution in [2.75, 3.05) is 13.3 Å². The van der Waals surface area contributed by atoms with Gasteiger partial charge in [-0.25, -0.2) is 4.79 Å². The van der Waals surface area contributed by atoms with E-state index in [4.69, 9.17) is 10.8 Å². The van der Waals surface area contributed by atoms with Crippen LogP contribution >= 0.6 is 9.24 Å². The molecule has 0 spiro atoms. The van der Waals surface area contributed by atoms with Crippen molar-refractivity contribution in [3.8, 4) is 0 Å². The Morgan fingerprint density at radius 2 is 2.40 bits per heavy atom. The summed E-state index contributed by atoms with van der Waals surface area (Å²) in [5.41, 5.74) is 5.40. The molecule has 3 unspecified atom stereocenters. The van der Waals surface area contributed by atoms with Gasteiger partial charge in [0.15, 0.2) is 6.10 Å². The van der Waals surface area contributed by atoms with Crippen molar-refractivity contribution in [3.63, 3.8) is 0 Å². The van der Waals surface area contributed by atoms with E-state index in [1.54, 1.807) is 0 Å². The SMILES string of the molecule is COC(C(=O)O)C(N)CP. The molecule has 0 aromatic carbocycles. The summed E-state index contributed by atoms with van der Waals surface area (Å²) in [6.07, 6.45) is -0.373. The number of hydrogen-bond acceptors (Lipinski definition) is 3. The number of carboxylic acids is 1. The Kier molecular flexibility index (Phi) is 4.52. The number of carboxylic acid groups (broad SMARTS) is 1. The van der Waals surface area contributed by atoms with Crippen LogP contribution in [0, 0.1) is 0 Å². The molecule has 60 valence electrons. The van der Waals surface area contributed by atoms with Crippen molar-refractivity contribution < 1.29 is 14.6 Å². The summed E-state index contributed by atoms with van der Waals surface area (Å²) in [5, 5.41) is 8.46. The quantitative estimate of drug-likeness (QED) is 0.539. The molecule has 3 N–H and O–H groups in total. The van der Waals surface area contributed by atoms with Crippen LogP contribution in [0.25, 0.3) is 0 Å². The molecule has 3 atom stereocenters. The highest BCUT2D eigenvalue weighted by atomic mass is 31.0. The predicted octanol–water partition coefficient (Wildman–Crippen LogP) is -0.712. The van der Waals surface area contributed by atoms with Gasteiger partial charge in [0.25, 0.3) is 0 Å². The molecule has 0 saturated heterocycles. The van der Waals surface area contributed by atoms with Crippen LogP contribution in [0.2, 0.25) is 0 Å². The number of hydrogen-bond donors (Lipinski definition) is 2. The summed E-state index contributed by atoms with van der Waals surface area (Å²) < 4.78 is 4.63. The molecule has 5 heteroatoms. The summed E-state index contributed by atoms with van der Waals surface area (Å²) in [5.74, 6) is -1.02. The molecular formula is C5H12NO3P. The number of nitrogens with two attached hydrogens (primary N) is 1. The lowest BCUT2D eigenvalue weighted by Gasteiger charge is -2.15. The van der Waals surface area contributed by atoms with Gasteiger partial charge in [-0.05, 0) is 6.16 Å². The molecule has 0 fully saturated rings. The molecule has 4 nitrogen and oxygen atoms in total. The first-order valence-corrected chi connectivity index (χ1v) is 3.66. The molecule has 0 heterocycles. The highest BCUT2D eigenvalue weighted by Gasteiger charge is 2.22. The minimum absolute atomic E-state index is 0.451. The number of carbonyl (C=O) groups is 1. The number of rotatable bonds is 4. The van der Waals surface area contributed by atoms with Gasteiger partial charge < -0.3 is 15.6 Å². The van der Waals surface area contributed by atoms with Crippen molar-refractivity contribution in [1.29, 1.82) is 0 Å². The van der Waals surface area contributed by atoms with E-state index in [0.717, 1.165) is 0 Å². The molecule has 0 aliphatic heterocycles. The van der Waals surface area contributed by atoms with E-state index in [1.165, 1.54) is 7.11 Å². The second kappa shape index (κ2) is 4.61. The van der Waals surface area contributed by atoms with Gasteiger partial charge in [-0.1, -0.05) is 0 Å². The van der Waals surface area contributed by atoms with Crippen molar-refractivity contribution in [3.05, 3.63) is 0 Å².